The van der Waals surface area contributed by atoms with Gasteiger partial charge in [-0.25, -0.2) is 9.67 Å². The lowest BCUT2D eigenvalue weighted by molar-refractivity contribution is 0.832. The van der Waals surface area contributed by atoms with Crippen molar-refractivity contribution in [2.45, 2.75) is 13.8 Å². The van der Waals surface area contributed by atoms with E-state index in [2.05, 4.69) is 37.0 Å². The number of aromatic nitrogens is 4. The van der Waals surface area contributed by atoms with Gasteiger partial charge < -0.3 is 0 Å². The summed E-state index contributed by atoms with van der Waals surface area (Å²) in [6.07, 6.45) is 0. The monoisotopic (exact) mass is 548 g/mol. The van der Waals surface area contributed by atoms with Crippen molar-refractivity contribution in [2.24, 2.45) is 0 Å². The zero-order valence-electron chi connectivity index (χ0n) is 17.4. The summed E-state index contributed by atoms with van der Waals surface area (Å²) < 4.78 is 5.15. The summed E-state index contributed by atoms with van der Waals surface area (Å²) in [6, 6.07) is 23.3. The number of benzene rings is 3. The van der Waals surface area contributed by atoms with Crippen molar-refractivity contribution in [1.82, 2.24) is 19.3 Å². The fraction of sp³-hybridized carbons (Fsp3) is 0.0800. The van der Waals surface area contributed by atoms with E-state index in [9.17, 15) is 4.79 Å². The molecular weight excluding hydrogens is 532 g/mol. The average Bonchev–Trinajstić information content (AvgIpc) is 3.13. The summed E-state index contributed by atoms with van der Waals surface area (Å²) in [6.45, 7) is 4.00. The summed E-state index contributed by atoms with van der Waals surface area (Å²) in [5.41, 5.74) is 5.06. The SMILES string of the molecule is Cc1cc(C)n(-c2ccc(-n3c(-c4ccccc4)nc4c(Br)cc(Br)cc4c3=O)cc2)n1. The van der Waals surface area contributed by atoms with Gasteiger partial charge in [-0.15, -0.1) is 0 Å². The molecule has 7 heteroatoms. The van der Waals surface area contributed by atoms with Crippen LogP contribution in [0.1, 0.15) is 11.4 Å². The molecule has 0 radical (unpaired) electrons. The van der Waals surface area contributed by atoms with Gasteiger partial charge in [0.1, 0.15) is 5.82 Å². The topological polar surface area (TPSA) is 52.7 Å². The first-order valence-corrected chi connectivity index (χ1v) is 11.6. The summed E-state index contributed by atoms with van der Waals surface area (Å²) in [7, 11) is 0. The highest BCUT2D eigenvalue weighted by molar-refractivity contribution is 9.11. The lowest BCUT2D eigenvalue weighted by Crippen LogP contribution is -2.22. The Balaban J connectivity index is 1.76. The minimum atomic E-state index is -0.130. The third-order valence-electron chi connectivity index (χ3n) is 5.29. The Hall–Kier alpha value is -3.03. The Kier molecular flexibility index (Phi) is 5.31. The minimum Gasteiger partial charge on any atom is -0.268 e. The van der Waals surface area contributed by atoms with E-state index in [4.69, 9.17) is 4.98 Å². The van der Waals surface area contributed by atoms with Gasteiger partial charge in [0.05, 0.1) is 28.0 Å². The van der Waals surface area contributed by atoms with Crippen LogP contribution in [0.25, 0.3) is 33.7 Å². The summed E-state index contributed by atoms with van der Waals surface area (Å²) >= 11 is 7.05. The predicted molar refractivity (Wildman–Crippen MR) is 135 cm³/mol. The molecule has 0 N–H and O–H groups in total. The van der Waals surface area contributed by atoms with Gasteiger partial charge >= 0.3 is 0 Å². The van der Waals surface area contributed by atoms with Gasteiger partial charge in [0, 0.05) is 20.2 Å². The molecule has 0 saturated heterocycles. The van der Waals surface area contributed by atoms with Crippen LogP contribution < -0.4 is 5.56 Å². The van der Waals surface area contributed by atoms with E-state index in [1.807, 2.05) is 91.3 Å². The highest BCUT2D eigenvalue weighted by Gasteiger charge is 2.17. The Morgan fingerprint density at radius 2 is 1.53 bits per heavy atom. The smallest absolute Gasteiger partial charge is 0.266 e. The number of aryl methyl sites for hydroxylation is 2. The minimum absolute atomic E-state index is 0.130. The van der Waals surface area contributed by atoms with E-state index >= 15 is 0 Å². The van der Waals surface area contributed by atoms with E-state index < -0.39 is 0 Å². The summed E-state index contributed by atoms with van der Waals surface area (Å²) in [5, 5.41) is 5.09. The normalized spacial score (nSPS) is 11.2. The van der Waals surface area contributed by atoms with Crippen LogP contribution in [-0.2, 0) is 0 Å². The average molecular weight is 550 g/mol. The molecule has 3 aromatic carbocycles. The van der Waals surface area contributed by atoms with Crippen molar-refractivity contribution in [1.29, 1.82) is 0 Å². The van der Waals surface area contributed by atoms with Gasteiger partial charge in [-0.1, -0.05) is 46.3 Å². The van der Waals surface area contributed by atoms with E-state index in [1.165, 1.54) is 0 Å². The molecule has 5 nitrogen and oxygen atoms in total. The van der Waals surface area contributed by atoms with Gasteiger partial charge in [0.25, 0.3) is 5.56 Å². The predicted octanol–water partition coefficient (Wildman–Crippen LogP) is 6.38. The van der Waals surface area contributed by atoms with Crippen LogP contribution in [0.5, 0.6) is 0 Å². The molecule has 0 aliphatic heterocycles. The Morgan fingerprint density at radius 3 is 2.19 bits per heavy atom. The Bertz CT molecular complexity index is 1520. The van der Waals surface area contributed by atoms with E-state index in [1.54, 1.807) is 4.57 Å². The molecule has 2 heterocycles. The number of rotatable bonds is 3. The first-order valence-electron chi connectivity index (χ1n) is 10.0. The fourth-order valence-electron chi connectivity index (χ4n) is 3.87. The van der Waals surface area contributed by atoms with Crippen molar-refractivity contribution >= 4 is 42.8 Å². The molecule has 5 rings (SSSR count). The molecule has 0 aliphatic carbocycles. The van der Waals surface area contributed by atoms with Crippen LogP contribution in [0.4, 0.5) is 0 Å². The molecule has 0 spiro atoms. The van der Waals surface area contributed by atoms with Gasteiger partial charge in [-0.3, -0.25) is 9.36 Å². The van der Waals surface area contributed by atoms with Crippen LogP contribution in [0.15, 0.2) is 86.5 Å². The Morgan fingerprint density at radius 1 is 0.844 bits per heavy atom. The maximum atomic E-state index is 13.7. The summed E-state index contributed by atoms with van der Waals surface area (Å²) in [5.74, 6) is 0.588. The molecule has 0 aliphatic rings. The highest BCUT2D eigenvalue weighted by atomic mass is 79.9. The Labute approximate surface area is 201 Å². The maximum absolute atomic E-state index is 13.7. The standard InChI is InChI=1S/C25H18Br2N4O/c1-15-12-16(2)31(29-15)20-10-8-19(9-11-20)30-24(17-6-4-3-5-7-17)28-23-21(25(30)32)13-18(26)14-22(23)27/h3-14H,1-2H3. The van der Waals surface area contributed by atoms with Crippen LogP contribution in [-0.4, -0.2) is 19.3 Å². The van der Waals surface area contributed by atoms with E-state index in [0.29, 0.717) is 16.7 Å². The van der Waals surface area contributed by atoms with Gasteiger partial charge in [-0.05, 0) is 72.2 Å². The maximum Gasteiger partial charge on any atom is 0.266 e. The zero-order valence-corrected chi connectivity index (χ0v) is 20.6. The molecule has 0 amide bonds. The second-order valence-corrected chi connectivity index (χ2v) is 9.35. The second kappa shape index (κ2) is 8.15. The van der Waals surface area contributed by atoms with E-state index in [0.717, 1.165) is 37.3 Å². The summed E-state index contributed by atoms with van der Waals surface area (Å²) in [4.78, 5) is 18.6. The first kappa shape index (κ1) is 20.8. The molecule has 0 atom stereocenters. The zero-order chi connectivity index (χ0) is 22.4. The van der Waals surface area contributed by atoms with Gasteiger partial charge in [0.2, 0.25) is 0 Å². The molecule has 5 aromatic rings. The molecule has 2 aromatic heterocycles. The number of hydrogen-bond donors (Lipinski definition) is 0. The number of nitrogens with zero attached hydrogens (tertiary/aromatic N) is 4. The van der Waals surface area contributed by atoms with Crippen molar-refractivity contribution in [2.75, 3.05) is 0 Å². The van der Waals surface area contributed by atoms with Crippen molar-refractivity contribution in [3.05, 3.63) is 103 Å². The largest absolute Gasteiger partial charge is 0.268 e. The van der Waals surface area contributed by atoms with Crippen LogP contribution >= 0.6 is 31.9 Å². The lowest BCUT2D eigenvalue weighted by atomic mass is 10.1. The first-order chi connectivity index (χ1) is 15.4. The van der Waals surface area contributed by atoms with Crippen LogP contribution in [0.3, 0.4) is 0 Å². The molecule has 0 unspecified atom stereocenters. The molecule has 0 fully saturated rings. The number of halogens is 2. The molecular formula is C25H18Br2N4O. The second-order valence-electron chi connectivity index (χ2n) is 7.58. The van der Waals surface area contributed by atoms with Crippen molar-refractivity contribution < 1.29 is 0 Å². The van der Waals surface area contributed by atoms with Crippen LogP contribution in [0, 0.1) is 13.8 Å². The lowest BCUT2D eigenvalue weighted by Gasteiger charge is -2.15. The van der Waals surface area contributed by atoms with Gasteiger partial charge in [0.15, 0.2) is 0 Å². The van der Waals surface area contributed by atoms with Crippen molar-refractivity contribution in [3.8, 4) is 22.8 Å². The molecule has 158 valence electrons. The fourth-order valence-corrected chi connectivity index (χ4v) is 5.18. The molecule has 0 bridgehead atoms. The van der Waals surface area contributed by atoms with E-state index in [-0.39, 0.29) is 5.56 Å². The van der Waals surface area contributed by atoms with Crippen LogP contribution in [0.2, 0.25) is 0 Å². The number of hydrogen-bond acceptors (Lipinski definition) is 3. The quantitative estimate of drug-likeness (QED) is 0.262. The van der Waals surface area contributed by atoms with Crippen molar-refractivity contribution in [3.63, 3.8) is 0 Å². The molecule has 0 saturated carbocycles. The third kappa shape index (κ3) is 3.61. The van der Waals surface area contributed by atoms with Gasteiger partial charge in [-0.2, -0.15) is 5.10 Å². The molecule has 32 heavy (non-hydrogen) atoms. The third-order valence-corrected chi connectivity index (χ3v) is 6.35. The number of fused-ring (bicyclic) bond motifs is 1. The highest BCUT2D eigenvalue weighted by Crippen LogP contribution is 2.29.